The molecule has 0 radical (unpaired) electrons. The van der Waals surface area contributed by atoms with Gasteiger partial charge < -0.3 is 28.8 Å². The van der Waals surface area contributed by atoms with Crippen LogP contribution >= 0.6 is 0 Å². The number of aliphatic hydroxyl groups excluding tert-OH is 1. The summed E-state index contributed by atoms with van der Waals surface area (Å²) in [4.78, 5) is 0. The normalized spacial score (nSPS) is 34.8. The van der Waals surface area contributed by atoms with Crippen molar-refractivity contribution in [2.75, 3.05) is 21.3 Å². The van der Waals surface area contributed by atoms with Crippen LogP contribution in [-0.2, 0) is 23.7 Å². The quantitative estimate of drug-likeness (QED) is 0.414. The summed E-state index contributed by atoms with van der Waals surface area (Å²) in [5.74, 6) is 0.257. The average Bonchev–Trinajstić information content (AvgIpc) is 3.54. The summed E-state index contributed by atoms with van der Waals surface area (Å²) < 4.78 is 28.3. The predicted molar refractivity (Wildman–Crippen MR) is 113 cm³/mol. The van der Waals surface area contributed by atoms with Gasteiger partial charge in [-0.05, 0) is 25.3 Å². The molecule has 2 rings (SSSR count). The molecule has 2 fully saturated rings. The van der Waals surface area contributed by atoms with E-state index >= 15 is 0 Å². The molecule has 0 bridgehead atoms. The molecule has 0 aromatic heterocycles. The number of hydrogen-bond donors (Lipinski definition) is 1. The standard InChI is InChI=1S/C23H40O6/c1-8-17(25-5)16(4)22-23(29-22)20(24)14(2)10-9-11-15(3)21-18(26-6)12-13-19(27-7)28-21/h9-11,14,16-24H,8,12-13H2,1-7H3/b10-9+,15-11+/t14-,16+,17-,18-,19+,20+,21+,22+,23+/m0/s1. The van der Waals surface area contributed by atoms with E-state index in [1.54, 1.807) is 21.3 Å². The van der Waals surface area contributed by atoms with E-state index in [1.807, 2.05) is 32.1 Å². The van der Waals surface area contributed by atoms with E-state index < -0.39 is 6.10 Å². The minimum Gasteiger partial charge on any atom is -0.390 e. The van der Waals surface area contributed by atoms with Crippen LogP contribution in [0, 0.1) is 11.8 Å². The minimum atomic E-state index is -0.530. The first-order valence-corrected chi connectivity index (χ1v) is 10.8. The third-order valence-electron chi connectivity index (χ3n) is 6.36. The number of hydrogen-bond acceptors (Lipinski definition) is 6. The first kappa shape index (κ1) is 24.5. The molecule has 0 amide bonds. The highest BCUT2D eigenvalue weighted by molar-refractivity contribution is 5.18. The fourth-order valence-electron chi connectivity index (χ4n) is 4.28. The Morgan fingerprint density at radius 3 is 2.41 bits per heavy atom. The third kappa shape index (κ3) is 6.36. The lowest BCUT2D eigenvalue weighted by molar-refractivity contribution is -0.205. The van der Waals surface area contributed by atoms with Crippen LogP contribution in [0.4, 0.5) is 0 Å². The van der Waals surface area contributed by atoms with E-state index in [0.29, 0.717) is 0 Å². The molecule has 0 spiro atoms. The van der Waals surface area contributed by atoms with Crippen molar-refractivity contribution in [2.45, 2.75) is 89.9 Å². The number of rotatable bonds is 11. The summed E-state index contributed by atoms with van der Waals surface area (Å²) in [5, 5.41) is 10.7. The van der Waals surface area contributed by atoms with Gasteiger partial charge in [0.2, 0.25) is 0 Å². The first-order chi connectivity index (χ1) is 13.9. The maximum atomic E-state index is 10.7. The monoisotopic (exact) mass is 412 g/mol. The van der Waals surface area contributed by atoms with Gasteiger partial charge in [-0.25, -0.2) is 0 Å². The van der Waals surface area contributed by atoms with Gasteiger partial charge in [-0.1, -0.05) is 39.0 Å². The van der Waals surface area contributed by atoms with E-state index in [1.165, 1.54) is 0 Å². The molecule has 2 heterocycles. The predicted octanol–water partition coefficient (Wildman–Crippen LogP) is 3.48. The first-order valence-electron chi connectivity index (χ1n) is 10.8. The molecule has 29 heavy (non-hydrogen) atoms. The largest absolute Gasteiger partial charge is 0.390 e. The van der Waals surface area contributed by atoms with Crippen LogP contribution in [0.3, 0.4) is 0 Å². The SMILES string of the molecule is CC[C@H](OC)[C@@H](C)[C@H]1O[C@@H]1[C@H](O)[C@@H](C)/C=C/C=C(\C)[C@H]1O[C@@H](OC)CC[C@@H]1OC. The van der Waals surface area contributed by atoms with Gasteiger partial charge in [0.05, 0.1) is 24.4 Å². The molecular weight excluding hydrogens is 372 g/mol. The lowest BCUT2D eigenvalue weighted by Crippen LogP contribution is -2.41. The number of epoxide rings is 1. The molecule has 6 nitrogen and oxygen atoms in total. The molecule has 0 aromatic rings. The van der Waals surface area contributed by atoms with Crippen LogP contribution in [0.25, 0.3) is 0 Å². The highest BCUT2D eigenvalue weighted by atomic mass is 16.7. The topological polar surface area (TPSA) is 69.7 Å². The van der Waals surface area contributed by atoms with Gasteiger partial charge in [0, 0.05) is 39.6 Å². The molecule has 0 unspecified atom stereocenters. The molecule has 2 aliphatic rings. The highest BCUT2D eigenvalue weighted by Gasteiger charge is 2.50. The Balaban J connectivity index is 1.90. The zero-order valence-corrected chi connectivity index (χ0v) is 19.0. The number of allylic oxidation sites excluding steroid dienone is 2. The van der Waals surface area contributed by atoms with Crippen molar-refractivity contribution in [3.63, 3.8) is 0 Å². The smallest absolute Gasteiger partial charge is 0.158 e. The molecular formula is C23H40O6. The van der Waals surface area contributed by atoms with Gasteiger partial charge in [-0.3, -0.25) is 0 Å². The Kier molecular flexibility index (Phi) is 9.79. The average molecular weight is 413 g/mol. The summed E-state index contributed by atoms with van der Waals surface area (Å²) >= 11 is 0. The minimum absolute atomic E-state index is 0.0129. The van der Waals surface area contributed by atoms with Gasteiger partial charge in [0.15, 0.2) is 6.29 Å². The van der Waals surface area contributed by atoms with Crippen molar-refractivity contribution >= 4 is 0 Å². The van der Waals surface area contributed by atoms with Crippen LogP contribution in [0.15, 0.2) is 23.8 Å². The van der Waals surface area contributed by atoms with Crippen molar-refractivity contribution in [2.24, 2.45) is 11.8 Å². The van der Waals surface area contributed by atoms with Gasteiger partial charge in [0.25, 0.3) is 0 Å². The summed E-state index contributed by atoms with van der Waals surface area (Å²) in [7, 11) is 5.12. The summed E-state index contributed by atoms with van der Waals surface area (Å²) in [6.45, 7) is 8.29. The molecule has 2 saturated heterocycles. The molecule has 168 valence electrons. The maximum Gasteiger partial charge on any atom is 0.158 e. The Labute approximate surface area is 176 Å². The van der Waals surface area contributed by atoms with Crippen molar-refractivity contribution in [3.8, 4) is 0 Å². The zero-order chi connectivity index (χ0) is 21.6. The Morgan fingerprint density at radius 1 is 1.10 bits per heavy atom. The van der Waals surface area contributed by atoms with E-state index in [0.717, 1.165) is 24.8 Å². The molecule has 6 heteroatoms. The number of aliphatic hydroxyl groups is 1. The van der Waals surface area contributed by atoms with E-state index in [9.17, 15) is 5.11 Å². The summed E-state index contributed by atoms with van der Waals surface area (Å²) in [6, 6.07) is 0. The second kappa shape index (κ2) is 11.6. The van der Waals surface area contributed by atoms with E-state index in [-0.39, 0.29) is 48.6 Å². The Bertz CT molecular complexity index is 543. The van der Waals surface area contributed by atoms with Crippen molar-refractivity contribution in [1.82, 2.24) is 0 Å². The van der Waals surface area contributed by atoms with Crippen LogP contribution in [0.1, 0.15) is 47.0 Å². The van der Waals surface area contributed by atoms with Gasteiger partial charge in [0.1, 0.15) is 12.2 Å². The highest BCUT2D eigenvalue weighted by Crippen LogP contribution is 2.37. The fourth-order valence-corrected chi connectivity index (χ4v) is 4.28. The van der Waals surface area contributed by atoms with E-state index in [4.69, 9.17) is 23.7 Å². The Morgan fingerprint density at radius 2 is 1.83 bits per heavy atom. The molecule has 1 N–H and O–H groups in total. The van der Waals surface area contributed by atoms with Crippen LogP contribution in [-0.4, -0.2) is 69.3 Å². The summed E-state index contributed by atoms with van der Waals surface area (Å²) in [6.07, 6.45) is 8.00. The molecule has 0 aliphatic carbocycles. The van der Waals surface area contributed by atoms with Crippen LogP contribution < -0.4 is 0 Å². The van der Waals surface area contributed by atoms with Crippen molar-refractivity contribution in [1.29, 1.82) is 0 Å². The molecule has 2 aliphatic heterocycles. The number of methoxy groups -OCH3 is 3. The second-order valence-electron chi connectivity index (χ2n) is 8.33. The summed E-state index contributed by atoms with van der Waals surface area (Å²) in [5.41, 5.74) is 1.08. The lowest BCUT2D eigenvalue weighted by atomic mass is 9.91. The molecule has 9 atom stereocenters. The van der Waals surface area contributed by atoms with Crippen LogP contribution in [0.2, 0.25) is 0 Å². The Hall–Kier alpha value is -0.760. The van der Waals surface area contributed by atoms with Gasteiger partial charge in [-0.15, -0.1) is 0 Å². The molecule has 0 saturated carbocycles. The van der Waals surface area contributed by atoms with Crippen LogP contribution in [0.5, 0.6) is 0 Å². The maximum absolute atomic E-state index is 10.7. The van der Waals surface area contributed by atoms with Gasteiger partial charge in [-0.2, -0.15) is 0 Å². The number of ether oxygens (including phenoxy) is 5. The zero-order valence-electron chi connectivity index (χ0n) is 19.0. The van der Waals surface area contributed by atoms with Crippen molar-refractivity contribution in [3.05, 3.63) is 23.8 Å². The van der Waals surface area contributed by atoms with E-state index in [2.05, 4.69) is 13.8 Å². The molecule has 0 aromatic carbocycles. The van der Waals surface area contributed by atoms with Crippen molar-refractivity contribution < 1.29 is 28.8 Å². The third-order valence-corrected chi connectivity index (χ3v) is 6.36. The fraction of sp³-hybridized carbons (Fsp3) is 0.826. The second-order valence-corrected chi connectivity index (χ2v) is 8.33. The lowest BCUT2D eigenvalue weighted by Gasteiger charge is -2.35. The van der Waals surface area contributed by atoms with Gasteiger partial charge >= 0.3 is 0 Å².